The summed E-state index contributed by atoms with van der Waals surface area (Å²) in [6.45, 7) is 14.5. The Hall–Kier alpha value is -1.68. The van der Waals surface area contributed by atoms with Gasteiger partial charge in [-0.2, -0.15) is 23.5 Å². The number of hydrogen-bond acceptors (Lipinski definition) is 6. The van der Waals surface area contributed by atoms with Gasteiger partial charge >= 0.3 is 11.4 Å². The first-order chi connectivity index (χ1) is 15.9. The molecule has 0 spiro atoms. The SMILES string of the molecule is CCn1cc(O)n(CC(C)(C)CCSCCSCCC(C)(C)Cn2c(O)cn(CC)c2=O)c1=O. The van der Waals surface area contributed by atoms with E-state index in [1.54, 1.807) is 0 Å². The van der Waals surface area contributed by atoms with Crippen LogP contribution >= 0.6 is 23.5 Å². The van der Waals surface area contributed by atoms with Crippen LogP contribution in [0.3, 0.4) is 0 Å². The van der Waals surface area contributed by atoms with Crippen molar-refractivity contribution in [3.05, 3.63) is 33.4 Å². The molecule has 0 saturated heterocycles. The molecular formula is C24H42N4O4S2. The molecule has 2 N–H and O–H groups in total. The Bertz CT molecular complexity index is 951. The molecule has 8 nitrogen and oxygen atoms in total. The highest BCUT2D eigenvalue weighted by Crippen LogP contribution is 2.28. The van der Waals surface area contributed by atoms with Gasteiger partial charge in [-0.15, -0.1) is 0 Å². The van der Waals surface area contributed by atoms with Gasteiger partial charge in [-0.05, 0) is 49.0 Å². The minimum Gasteiger partial charge on any atom is -0.493 e. The maximum absolute atomic E-state index is 12.3. The van der Waals surface area contributed by atoms with Crippen molar-refractivity contribution in [3.63, 3.8) is 0 Å². The van der Waals surface area contributed by atoms with E-state index in [1.807, 2.05) is 37.4 Å². The molecule has 0 bridgehead atoms. The zero-order valence-electron chi connectivity index (χ0n) is 21.5. The lowest BCUT2D eigenvalue weighted by Gasteiger charge is -2.25. The second kappa shape index (κ2) is 12.3. The minimum absolute atomic E-state index is 0.0370. The summed E-state index contributed by atoms with van der Waals surface area (Å²) in [6.07, 6.45) is 4.95. The molecule has 2 rings (SSSR count). The standard InChI is InChI=1S/C24H42N4O4S2/c1-7-25-15-19(29)27(21(25)31)17-23(3,4)9-11-33-13-14-34-12-10-24(5,6)18-28-20(30)16-26(8-2)22(28)32/h15-16,29-30H,7-14,17-18H2,1-6H3. The lowest BCUT2D eigenvalue weighted by molar-refractivity contribution is 0.272. The van der Waals surface area contributed by atoms with Crippen LogP contribution in [0.15, 0.2) is 22.0 Å². The summed E-state index contributed by atoms with van der Waals surface area (Å²) in [5.74, 6) is 4.24. The number of aromatic hydroxyl groups is 2. The van der Waals surface area contributed by atoms with Crippen molar-refractivity contribution in [1.82, 2.24) is 18.3 Å². The van der Waals surface area contributed by atoms with Crippen molar-refractivity contribution in [1.29, 1.82) is 0 Å². The third-order valence-electron chi connectivity index (χ3n) is 6.12. The molecule has 0 radical (unpaired) electrons. The van der Waals surface area contributed by atoms with Crippen molar-refractivity contribution in [2.24, 2.45) is 10.8 Å². The van der Waals surface area contributed by atoms with Gasteiger partial charge in [0.25, 0.3) is 0 Å². The van der Waals surface area contributed by atoms with E-state index in [0.717, 1.165) is 35.9 Å². The van der Waals surface area contributed by atoms with Crippen LogP contribution in [0.1, 0.15) is 54.4 Å². The second-order valence-corrected chi connectivity index (χ2v) is 12.8. The molecule has 0 saturated carbocycles. The van der Waals surface area contributed by atoms with Gasteiger partial charge in [0.15, 0.2) is 0 Å². The van der Waals surface area contributed by atoms with Crippen molar-refractivity contribution in [2.75, 3.05) is 23.0 Å². The van der Waals surface area contributed by atoms with E-state index < -0.39 is 0 Å². The molecule has 34 heavy (non-hydrogen) atoms. The van der Waals surface area contributed by atoms with Crippen molar-refractivity contribution in [3.8, 4) is 11.8 Å². The van der Waals surface area contributed by atoms with E-state index in [2.05, 4.69) is 27.7 Å². The first-order valence-corrected chi connectivity index (χ1v) is 14.3. The van der Waals surface area contributed by atoms with Gasteiger partial charge in [-0.3, -0.25) is 18.3 Å². The normalized spacial score (nSPS) is 12.5. The van der Waals surface area contributed by atoms with E-state index in [0.29, 0.717) is 26.2 Å². The van der Waals surface area contributed by atoms with Gasteiger partial charge < -0.3 is 10.2 Å². The lowest BCUT2D eigenvalue weighted by atomic mass is 9.90. The summed E-state index contributed by atoms with van der Waals surface area (Å²) >= 11 is 3.84. The van der Waals surface area contributed by atoms with E-state index in [-0.39, 0.29) is 34.0 Å². The Labute approximate surface area is 211 Å². The van der Waals surface area contributed by atoms with Crippen LogP contribution in [0.4, 0.5) is 0 Å². The maximum Gasteiger partial charge on any atom is 0.331 e. The second-order valence-electron chi connectivity index (χ2n) is 10.3. The molecule has 194 valence electrons. The number of thioether (sulfide) groups is 2. The quantitative estimate of drug-likeness (QED) is 0.348. The lowest BCUT2D eigenvalue weighted by Crippen LogP contribution is -2.30. The summed E-state index contributed by atoms with van der Waals surface area (Å²) in [7, 11) is 0. The largest absolute Gasteiger partial charge is 0.493 e. The molecule has 0 aliphatic carbocycles. The summed E-state index contributed by atoms with van der Waals surface area (Å²) in [6, 6.07) is 0. The molecule has 0 amide bonds. The van der Waals surface area contributed by atoms with Gasteiger partial charge in [-0.1, -0.05) is 27.7 Å². The monoisotopic (exact) mass is 514 g/mol. The molecule has 0 aliphatic heterocycles. The maximum atomic E-state index is 12.3. The number of imidazole rings is 2. The summed E-state index contributed by atoms with van der Waals surface area (Å²) in [4.78, 5) is 24.6. The minimum atomic E-state index is -0.150. The van der Waals surface area contributed by atoms with E-state index in [9.17, 15) is 19.8 Å². The fourth-order valence-electron chi connectivity index (χ4n) is 3.82. The predicted molar refractivity (Wildman–Crippen MR) is 144 cm³/mol. The Kier molecular flexibility index (Phi) is 10.4. The van der Waals surface area contributed by atoms with E-state index >= 15 is 0 Å². The Morgan fingerprint density at radius 2 is 1.06 bits per heavy atom. The molecule has 0 aliphatic rings. The fraction of sp³-hybridized carbons (Fsp3) is 0.750. The smallest absolute Gasteiger partial charge is 0.331 e. The van der Waals surface area contributed by atoms with E-state index in [1.165, 1.54) is 30.7 Å². The number of aromatic nitrogens is 4. The molecule has 0 aromatic carbocycles. The van der Waals surface area contributed by atoms with Crippen LogP contribution < -0.4 is 11.4 Å². The van der Waals surface area contributed by atoms with Crippen LogP contribution in [0.25, 0.3) is 0 Å². The van der Waals surface area contributed by atoms with E-state index in [4.69, 9.17) is 0 Å². The number of aryl methyl sites for hydroxylation is 2. The first kappa shape index (κ1) is 28.6. The average molecular weight is 515 g/mol. The summed E-state index contributed by atoms with van der Waals surface area (Å²) in [5, 5.41) is 20.2. The molecule has 10 heteroatoms. The van der Waals surface area contributed by atoms with Crippen LogP contribution in [-0.4, -0.2) is 51.5 Å². The van der Waals surface area contributed by atoms with Crippen molar-refractivity contribution in [2.45, 2.75) is 80.6 Å². The molecule has 0 unspecified atom stereocenters. The zero-order chi connectivity index (χ0) is 25.5. The molecule has 0 fully saturated rings. The zero-order valence-corrected chi connectivity index (χ0v) is 23.2. The van der Waals surface area contributed by atoms with Gasteiger partial charge in [0.1, 0.15) is 0 Å². The van der Waals surface area contributed by atoms with Gasteiger partial charge in [0.2, 0.25) is 11.8 Å². The summed E-state index contributed by atoms with van der Waals surface area (Å²) in [5.41, 5.74) is -0.455. The molecule has 0 atom stereocenters. The first-order valence-electron chi connectivity index (χ1n) is 12.0. The highest BCUT2D eigenvalue weighted by molar-refractivity contribution is 8.02. The van der Waals surface area contributed by atoms with Crippen molar-refractivity contribution >= 4 is 23.5 Å². The van der Waals surface area contributed by atoms with Crippen LogP contribution in [-0.2, 0) is 26.2 Å². The van der Waals surface area contributed by atoms with Crippen LogP contribution in [0.2, 0.25) is 0 Å². The van der Waals surface area contributed by atoms with Crippen LogP contribution in [0.5, 0.6) is 11.8 Å². The number of nitrogens with zero attached hydrogens (tertiary/aromatic N) is 4. The van der Waals surface area contributed by atoms with Crippen LogP contribution in [0, 0.1) is 10.8 Å². The molecular weight excluding hydrogens is 472 g/mol. The third kappa shape index (κ3) is 7.93. The van der Waals surface area contributed by atoms with Crippen molar-refractivity contribution < 1.29 is 10.2 Å². The summed E-state index contributed by atoms with van der Waals surface area (Å²) < 4.78 is 6.00. The Balaban J connectivity index is 1.66. The predicted octanol–water partition coefficient (Wildman–Crippen LogP) is 4.06. The third-order valence-corrected chi connectivity index (χ3v) is 8.35. The molecule has 2 heterocycles. The van der Waals surface area contributed by atoms with Gasteiger partial charge in [0.05, 0.1) is 12.4 Å². The highest BCUT2D eigenvalue weighted by atomic mass is 32.2. The molecule has 2 aromatic rings. The molecule has 2 aromatic heterocycles. The Morgan fingerprint density at radius 1 is 0.706 bits per heavy atom. The van der Waals surface area contributed by atoms with Gasteiger partial charge in [0, 0.05) is 37.7 Å². The average Bonchev–Trinajstić information content (AvgIpc) is 3.19. The van der Waals surface area contributed by atoms with Gasteiger partial charge in [-0.25, -0.2) is 9.59 Å². The number of hydrogen-bond donors (Lipinski definition) is 2. The Morgan fingerprint density at radius 3 is 1.35 bits per heavy atom. The fourth-order valence-corrected chi connectivity index (χ4v) is 6.56. The highest BCUT2D eigenvalue weighted by Gasteiger charge is 2.23. The topological polar surface area (TPSA) is 94.3 Å². The number of rotatable bonds is 15.